The van der Waals surface area contributed by atoms with Crippen LogP contribution in [0.4, 0.5) is 0 Å². The molecule has 0 radical (unpaired) electrons. The third kappa shape index (κ3) is 2.26. The van der Waals surface area contributed by atoms with Gasteiger partial charge < -0.3 is 10.0 Å². The molecule has 0 spiro atoms. The molecule has 0 aromatic heterocycles. The number of fused-ring (bicyclic) bond motifs is 1. The predicted octanol–water partition coefficient (Wildman–Crippen LogP) is 2.28. The van der Waals surface area contributed by atoms with E-state index in [1.54, 1.807) is 0 Å². The van der Waals surface area contributed by atoms with E-state index in [0.717, 1.165) is 25.8 Å². The van der Waals surface area contributed by atoms with E-state index in [9.17, 15) is 9.59 Å². The van der Waals surface area contributed by atoms with Crippen molar-refractivity contribution in [2.45, 2.75) is 57.4 Å². The second kappa shape index (κ2) is 5.14. The van der Waals surface area contributed by atoms with Gasteiger partial charge in [0.15, 0.2) is 0 Å². The number of likely N-dealkylation sites (tertiary alicyclic amines) is 1. The minimum Gasteiger partial charge on any atom is -0.481 e. The summed E-state index contributed by atoms with van der Waals surface area (Å²) in [5.74, 6) is -0.637. The number of carbonyl (C=O) groups is 2. The number of rotatable bonds is 2. The second-order valence-electron chi connectivity index (χ2n) is 6.41. The van der Waals surface area contributed by atoms with Crippen LogP contribution in [0.1, 0.15) is 51.4 Å². The molecule has 3 aliphatic rings. The maximum Gasteiger partial charge on any atom is 0.307 e. The Morgan fingerprint density at radius 2 is 1.58 bits per heavy atom. The van der Waals surface area contributed by atoms with Crippen LogP contribution in [0, 0.1) is 17.8 Å². The van der Waals surface area contributed by atoms with Gasteiger partial charge in [-0.1, -0.05) is 12.8 Å². The molecule has 1 amide bonds. The summed E-state index contributed by atoms with van der Waals surface area (Å²) < 4.78 is 0. The molecular formula is C15H23NO3. The Balaban J connectivity index is 1.70. The molecule has 19 heavy (non-hydrogen) atoms. The maximum absolute atomic E-state index is 12.6. The van der Waals surface area contributed by atoms with Crippen LogP contribution >= 0.6 is 0 Å². The smallest absolute Gasteiger partial charge is 0.307 e. The molecule has 106 valence electrons. The first-order valence-corrected chi connectivity index (χ1v) is 7.72. The first-order valence-electron chi connectivity index (χ1n) is 7.72. The highest BCUT2D eigenvalue weighted by Crippen LogP contribution is 2.40. The predicted molar refractivity (Wildman–Crippen MR) is 70.5 cm³/mol. The lowest BCUT2D eigenvalue weighted by Crippen LogP contribution is -2.54. The van der Waals surface area contributed by atoms with Crippen molar-refractivity contribution in [1.29, 1.82) is 0 Å². The summed E-state index contributed by atoms with van der Waals surface area (Å²) in [4.78, 5) is 25.8. The van der Waals surface area contributed by atoms with Crippen molar-refractivity contribution < 1.29 is 14.7 Å². The largest absolute Gasteiger partial charge is 0.481 e. The average Bonchev–Trinajstić information content (AvgIpc) is 2.36. The van der Waals surface area contributed by atoms with Crippen LogP contribution in [-0.4, -0.2) is 34.5 Å². The third-order valence-corrected chi connectivity index (χ3v) is 5.44. The zero-order chi connectivity index (χ0) is 13.4. The molecule has 4 atom stereocenters. The van der Waals surface area contributed by atoms with Crippen LogP contribution < -0.4 is 0 Å². The molecule has 0 aromatic carbocycles. The molecule has 2 saturated carbocycles. The van der Waals surface area contributed by atoms with Crippen LogP contribution in [0.3, 0.4) is 0 Å². The minimum absolute atomic E-state index is 0.134. The van der Waals surface area contributed by atoms with Crippen molar-refractivity contribution in [3.8, 4) is 0 Å². The summed E-state index contributed by atoms with van der Waals surface area (Å²) in [7, 11) is 0. The third-order valence-electron chi connectivity index (χ3n) is 5.44. The molecule has 4 nitrogen and oxygen atoms in total. The van der Waals surface area contributed by atoms with E-state index in [-0.39, 0.29) is 11.8 Å². The fourth-order valence-electron chi connectivity index (χ4n) is 4.20. The number of hydrogen-bond acceptors (Lipinski definition) is 2. The quantitative estimate of drug-likeness (QED) is 0.833. The summed E-state index contributed by atoms with van der Waals surface area (Å²) in [5.41, 5.74) is 0. The van der Waals surface area contributed by atoms with Gasteiger partial charge >= 0.3 is 5.97 Å². The highest BCUT2D eigenvalue weighted by atomic mass is 16.4. The number of piperidine rings is 1. The number of amides is 1. The standard InChI is InChI=1S/C15H23NO3/c17-14(11-7-8-12(11)15(18)19)16-9-3-5-10-4-1-2-6-13(10)16/h10-13H,1-9H2,(H,18,19)/t10-,11?,12?,13-/m1/s1. The van der Waals surface area contributed by atoms with Crippen molar-refractivity contribution in [3.05, 3.63) is 0 Å². The molecule has 3 fully saturated rings. The Bertz CT molecular complexity index is 380. The fraction of sp³-hybridized carbons (Fsp3) is 0.867. The molecule has 1 N–H and O–H groups in total. The van der Waals surface area contributed by atoms with Crippen molar-refractivity contribution >= 4 is 11.9 Å². The van der Waals surface area contributed by atoms with Crippen molar-refractivity contribution in [2.24, 2.45) is 17.8 Å². The van der Waals surface area contributed by atoms with Gasteiger partial charge in [-0.2, -0.15) is 0 Å². The number of carboxylic acids is 1. The summed E-state index contributed by atoms with van der Waals surface area (Å²) in [6, 6.07) is 0.407. The van der Waals surface area contributed by atoms with Crippen LogP contribution in [0.2, 0.25) is 0 Å². The molecule has 1 heterocycles. The van der Waals surface area contributed by atoms with Gasteiger partial charge in [-0.05, 0) is 44.4 Å². The Hall–Kier alpha value is -1.06. The lowest BCUT2D eigenvalue weighted by molar-refractivity contribution is -0.159. The first-order chi connectivity index (χ1) is 9.18. The van der Waals surface area contributed by atoms with Crippen LogP contribution in [0.15, 0.2) is 0 Å². The van der Waals surface area contributed by atoms with Gasteiger partial charge in [-0.3, -0.25) is 9.59 Å². The molecule has 0 aromatic rings. The number of carbonyl (C=O) groups excluding carboxylic acids is 1. The van der Waals surface area contributed by atoms with Crippen LogP contribution in [0.25, 0.3) is 0 Å². The monoisotopic (exact) mass is 265 g/mol. The Labute approximate surface area is 114 Å². The molecule has 1 saturated heterocycles. The number of hydrogen-bond donors (Lipinski definition) is 1. The van der Waals surface area contributed by atoms with Crippen LogP contribution in [0.5, 0.6) is 0 Å². The van der Waals surface area contributed by atoms with Gasteiger partial charge in [0.1, 0.15) is 0 Å². The van der Waals surface area contributed by atoms with Crippen LogP contribution in [-0.2, 0) is 9.59 Å². The lowest BCUT2D eigenvalue weighted by Gasteiger charge is -2.47. The normalized spacial score (nSPS) is 38.2. The van der Waals surface area contributed by atoms with Gasteiger partial charge in [0.2, 0.25) is 5.91 Å². The molecule has 2 unspecified atom stereocenters. The summed E-state index contributed by atoms with van der Waals surface area (Å²) in [5, 5.41) is 9.11. The minimum atomic E-state index is -0.790. The molecule has 3 rings (SSSR count). The van der Waals surface area contributed by atoms with Crippen molar-refractivity contribution in [2.75, 3.05) is 6.54 Å². The van der Waals surface area contributed by atoms with Gasteiger partial charge in [0.25, 0.3) is 0 Å². The highest BCUT2D eigenvalue weighted by Gasteiger charge is 2.46. The maximum atomic E-state index is 12.6. The average molecular weight is 265 g/mol. The van der Waals surface area contributed by atoms with E-state index >= 15 is 0 Å². The van der Waals surface area contributed by atoms with E-state index in [1.807, 2.05) is 4.90 Å². The zero-order valence-corrected chi connectivity index (χ0v) is 11.4. The first kappa shape index (κ1) is 12.9. The Kier molecular flexibility index (Phi) is 3.50. The molecular weight excluding hydrogens is 242 g/mol. The van der Waals surface area contributed by atoms with Gasteiger partial charge in [-0.15, -0.1) is 0 Å². The van der Waals surface area contributed by atoms with Gasteiger partial charge in [0, 0.05) is 12.6 Å². The van der Waals surface area contributed by atoms with Crippen molar-refractivity contribution in [1.82, 2.24) is 4.90 Å². The SMILES string of the molecule is O=C(O)C1CCC1C(=O)N1CCC[C@H]2CCCC[C@H]21. The summed E-state index contributed by atoms with van der Waals surface area (Å²) in [6.45, 7) is 0.850. The number of carboxylic acid groups (broad SMARTS) is 1. The second-order valence-corrected chi connectivity index (χ2v) is 6.41. The Morgan fingerprint density at radius 3 is 2.26 bits per heavy atom. The zero-order valence-electron chi connectivity index (χ0n) is 11.4. The molecule has 1 aliphatic heterocycles. The topological polar surface area (TPSA) is 57.6 Å². The lowest BCUT2D eigenvalue weighted by atomic mass is 9.71. The van der Waals surface area contributed by atoms with Crippen molar-refractivity contribution in [3.63, 3.8) is 0 Å². The van der Waals surface area contributed by atoms with E-state index in [1.165, 1.54) is 25.7 Å². The highest BCUT2D eigenvalue weighted by molar-refractivity contribution is 5.86. The van der Waals surface area contributed by atoms with E-state index < -0.39 is 11.9 Å². The number of nitrogens with zero attached hydrogens (tertiary/aromatic N) is 1. The van der Waals surface area contributed by atoms with E-state index in [2.05, 4.69) is 0 Å². The molecule has 2 aliphatic carbocycles. The van der Waals surface area contributed by atoms with E-state index in [0.29, 0.717) is 18.4 Å². The molecule has 0 bridgehead atoms. The molecule has 4 heteroatoms. The fourth-order valence-corrected chi connectivity index (χ4v) is 4.20. The Morgan fingerprint density at radius 1 is 0.895 bits per heavy atom. The number of aliphatic carboxylic acids is 1. The van der Waals surface area contributed by atoms with Gasteiger partial charge in [0.05, 0.1) is 11.8 Å². The van der Waals surface area contributed by atoms with E-state index in [4.69, 9.17) is 5.11 Å². The summed E-state index contributed by atoms with van der Waals surface area (Å²) in [6.07, 6.45) is 8.68. The van der Waals surface area contributed by atoms with Gasteiger partial charge in [-0.25, -0.2) is 0 Å². The summed E-state index contributed by atoms with van der Waals surface area (Å²) >= 11 is 0.